The summed E-state index contributed by atoms with van der Waals surface area (Å²) in [5.41, 5.74) is 3.45. The Kier molecular flexibility index (Phi) is 5.58. The molecular formula is C21H23N3O. The standard InChI is InChI=1S/C21H23N3O/c1-18-7-5-11-20(17-18)23-13-15-24(16-14-23)21(25)22-12-6-10-19-8-3-2-4-9-19/h2-5,7-9,11,17H,12-16H2,1H3,(H,22,25). The number of anilines is 1. The molecule has 4 nitrogen and oxygen atoms in total. The van der Waals surface area contributed by atoms with Crippen LogP contribution in [0.3, 0.4) is 0 Å². The Labute approximate surface area is 149 Å². The quantitative estimate of drug-likeness (QED) is 0.858. The van der Waals surface area contributed by atoms with Gasteiger partial charge in [0.1, 0.15) is 0 Å². The maximum Gasteiger partial charge on any atom is 0.318 e. The average molecular weight is 333 g/mol. The number of rotatable bonds is 2. The molecule has 2 aromatic carbocycles. The minimum absolute atomic E-state index is 0.0359. The highest BCUT2D eigenvalue weighted by atomic mass is 16.2. The smallest absolute Gasteiger partial charge is 0.318 e. The number of hydrogen-bond acceptors (Lipinski definition) is 2. The van der Waals surface area contributed by atoms with Crippen LogP contribution in [0.5, 0.6) is 0 Å². The molecule has 0 saturated carbocycles. The van der Waals surface area contributed by atoms with E-state index in [2.05, 4.69) is 53.2 Å². The van der Waals surface area contributed by atoms with Crippen molar-refractivity contribution in [2.24, 2.45) is 0 Å². The second-order valence-electron chi connectivity index (χ2n) is 6.14. The fourth-order valence-corrected chi connectivity index (χ4v) is 2.89. The normalized spacial score (nSPS) is 13.8. The highest BCUT2D eigenvalue weighted by Crippen LogP contribution is 2.17. The van der Waals surface area contributed by atoms with Crippen molar-refractivity contribution in [3.8, 4) is 11.8 Å². The Morgan fingerprint density at radius 2 is 1.80 bits per heavy atom. The number of urea groups is 1. The van der Waals surface area contributed by atoms with Crippen LogP contribution in [0.1, 0.15) is 11.1 Å². The van der Waals surface area contributed by atoms with Gasteiger partial charge in [-0.2, -0.15) is 0 Å². The Morgan fingerprint density at radius 1 is 1.04 bits per heavy atom. The summed E-state index contributed by atoms with van der Waals surface area (Å²) in [5, 5.41) is 2.88. The lowest BCUT2D eigenvalue weighted by molar-refractivity contribution is 0.195. The first-order chi connectivity index (χ1) is 12.2. The van der Waals surface area contributed by atoms with Crippen LogP contribution in [-0.2, 0) is 0 Å². The van der Waals surface area contributed by atoms with Crippen LogP contribution in [0.4, 0.5) is 10.5 Å². The maximum absolute atomic E-state index is 12.2. The van der Waals surface area contributed by atoms with Gasteiger partial charge in [0.25, 0.3) is 0 Å². The molecule has 0 radical (unpaired) electrons. The third kappa shape index (κ3) is 4.77. The zero-order valence-corrected chi connectivity index (χ0v) is 14.5. The second kappa shape index (κ2) is 8.25. The fourth-order valence-electron chi connectivity index (χ4n) is 2.89. The van der Waals surface area contributed by atoms with E-state index in [1.165, 1.54) is 11.3 Å². The second-order valence-corrected chi connectivity index (χ2v) is 6.14. The van der Waals surface area contributed by atoms with Crippen LogP contribution >= 0.6 is 0 Å². The monoisotopic (exact) mass is 333 g/mol. The van der Waals surface area contributed by atoms with Crippen molar-refractivity contribution in [3.05, 3.63) is 65.7 Å². The molecule has 2 amide bonds. The lowest BCUT2D eigenvalue weighted by atomic mass is 10.2. The lowest BCUT2D eigenvalue weighted by Gasteiger charge is -2.36. The molecule has 0 atom stereocenters. The molecule has 1 aliphatic heterocycles. The molecule has 1 N–H and O–H groups in total. The van der Waals surface area contributed by atoms with E-state index in [9.17, 15) is 4.79 Å². The van der Waals surface area contributed by atoms with E-state index in [0.717, 1.165) is 31.7 Å². The van der Waals surface area contributed by atoms with Crippen LogP contribution in [0.25, 0.3) is 0 Å². The van der Waals surface area contributed by atoms with Gasteiger partial charge in [0.2, 0.25) is 0 Å². The van der Waals surface area contributed by atoms with Gasteiger partial charge in [0.05, 0.1) is 6.54 Å². The van der Waals surface area contributed by atoms with Crippen molar-refractivity contribution in [1.82, 2.24) is 10.2 Å². The van der Waals surface area contributed by atoms with Gasteiger partial charge < -0.3 is 15.1 Å². The van der Waals surface area contributed by atoms with Gasteiger partial charge in [-0.05, 0) is 36.8 Å². The summed E-state index contributed by atoms with van der Waals surface area (Å²) in [4.78, 5) is 16.4. The molecule has 4 heteroatoms. The van der Waals surface area contributed by atoms with Gasteiger partial charge in [-0.1, -0.05) is 42.2 Å². The number of piperazine rings is 1. The number of nitrogens with zero attached hydrogens (tertiary/aromatic N) is 2. The van der Waals surface area contributed by atoms with Gasteiger partial charge in [0.15, 0.2) is 0 Å². The molecule has 0 spiro atoms. The predicted molar refractivity (Wildman–Crippen MR) is 102 cm³/mol. The van der Waals surface area contributed by atoms with Crippen LogP contribution < -0.4 is 10.2 Å². The van der Waals surface area contributed by atoms with Crippen molar-refractivity contribution >= 4 is 11.7 Å². The first kappa shape index (κ1) is 16.9. The van der Waals surface area contributed by atoms with Crippen molar-refractivity contribution in [1.29, 1.82) is 0 Å². The molecule has 1 heterocycles. The summed E-state index contributed by atoms with van der Waals surface area (Å²) in [6, 6.07) is 18.2. The summed E-state index contributed by atoms with van der Waals surface area (Å²) < 4.78 is 0. The summed E-state index contributed by atoms with van der Waals surface area (Å²) >= 11 is 0. The third-order valence-electron chi connectivity index (χ3n) is 4.27. The summed E-state index contributed by atoms with van der Waals surface area (Å²) in [6.07, 6.45) is 0. The van der Waals surface area contributed by atoms with Gasteiger partial charge in [-0.3, -0.25) is 0 Å². The molecule has 1 aliphatic rings. The number of hydrogen-bond donors (Lipinski definition) is 1. The number of carbonyl (C=O) groups excluding carboxylic acids is 1. The summed E-state index contributed by atoms with van der Waals surface area (Å²) in [7, 11) is 0. The van der Waals surface area contributed by atoms with E-state index in [-0.39, 0.29) is 6.03 Å². The van der Waals surface area contributed by atoms with Gasteiger partial charge >= 0.3 is 6.03 Å². The van der Waals surface area contributed by atoms with Crippen molar-refractivity contribution in [2.75, 3.05) is 37.6 Å². The molecule has 3 rings (SSSR count). The summed E-state index contributed by atoms with van der Waals surface area (Å²) in [5.74, 6) is 6.04. The van der Waals surface area contributed by atoms with Crippen molar-refractivity contribution < 1.29 is 4.79 Å². The van der Waals surface area contributed by atoms with Gasteiger partial charge in [-0.15, -0.1) is 0 Å². The molecule has 0 aliphatic carbocycles. The molecular weight excluding hydrogens is 310 g/mol. The minimum atomic E-state index is -0.0359. The fraction of sp³-hybridized carbons (Fsp3) is 0.286. The zero-order chi connectivity index (χ0) is 17.5. The molecule has 0 bridgehead atoms. The van der Waals surface area contributed by atoms with Crippen LogP contribution in [0.15, 0.2) is 54.6 Å². The molecule has 0 unspecified atom stereocenters. The first-order valence-corrected chi connectivity index (χ1v) is 8.61. The average Bonchev–Trinajstić information content (AvgIpc) is 2.66. The largest absolute Gasteiger partial charge is 0.368 e. The van der Waals surface area contributed by atoms with Crippen LogP contribution in [-0.4, -0.2) is 43.7 Å². The van der Waals surface area contributed by atoms with Crippen molar-refractivity contribution in [2.45, 2.75) is 6.92 Å². The van der Waals surface area contributed by atoms with Crippen LogP contribution in [0.2, 0.25) is 0 Å². The highest BCUT2D eigenvalue weighted by Gasteiger charge is 2.20. The minimum Gasteiger partial charge on any atom is -0.368 e. The highest BCUT2D eigenvalue weighted by molar-refractivity contribution is 5.75. The predicted octanol–water partition coefficient (Wildman–Crippen LogP) is 2.88. The molecule has 0 aromatic heterocycles. The van der Waals surface area contributed by atoms with Gasteiger partial charge in [0, 0.05) is 37.4 Å². The third-order valence-corrected chi connectivity index (χ3v) is 4.27. The number of aryl methyl sites for hydroxylation is 1. The molecule has 25 heavy (non-hydrogen) atoms. The lowest BCUT2D eigenvalue weighted by Crippen LogP contribution is -2.52. The first-order valence-electron chi connectivity index (χ1n) is 8.61. The summed E-state index contributed by atoms with van der Waals surface area (Å²) in [6.45, 7) is 5.63. The molecule has 128 valence electrons. The maximum atomic E-state index is 12.2. The van der Waals surface area contributed by atoms with Crippen LogP contribution in [0, 0.1) is 18.8 Å². The topological polar surface area (TPSA) is 35.6 Å². The SMILES string of the molecule is Cc1cccc(N2CCN(C(=O)NCC#Cc3ccccc3)CC2)c1. The molecule has 2 aromatic rings. The van der Waals surface area contributed by atoms with E-state index in [1.807, 2.05) is 35.2 Å². The van der Waals surface area contributed by atoms with E-state index < -0.39 is 0 Å². The Bertz CT molecular complexity index is 768. The van der Waals surface area contributed by atoms with E-state index in [4.69, 9.17) is 0 Å². The number of carbonyl (C=O) groups is 1. The molecule has 1 saturated heterocycles. The van der Waals surface area contributed by atoms with E-state index in [0.29, 0.717) is 6.54 Å². The van der Waals surface area contributed by atoms with Crippen molar-refractivity contribution in [3.63, 3.8) is 0 Å². The van der Waals surface area contributed by atoms with E-state index in [1.54, 1.807) is 0 Å². The van der Waals surface area contributed by atoms with Gasteiger partial charge in [-0.25, -0.2) is 4.79 Å². The Morgan fingerprint density at radius 3 is 2.52 bits per heavy atom. The Balaban J connectivity index is 1.45. The number of amides is 2. The number of nitrogens with one attached hydrogen (secondary N) is 1. The Hall–Kier alpha value is -2.93. The molecule has 1 fully saturated rings. The number of benzene rings is 2. The van der Waals surface area contributed by atoms with E-state index >= 15 is 0 Å². The zero-order valence-electron chi connectivity index (χ0n) is 14.5.